The molecule has 5 heteroatoms. The van der Waals surface area contributed by atoms with Crippen LogP contribution < -0.4 is 4.74 Å². The molecular weight excluding hydrogens is 416 g/mol. The van der Waals surface area contributed by atoms with Gasteiger partial charge in [0.15, 0.2) is 0 Å². The summed E-state index contributed by atoms with van der Waals surface area (Å²) in [6, 6.07) is 14.8. The van der Waals surface area contributed by atoms with E-state index in [1.54, 1.807) is 6.07 Å². The molecule has 0 saturated heterocycles. The lowest BCUT2D eigenvalue weighted by Crippen LogP contribution is -2.16. The summed E-state index contributed by atoms with van der Waals surface area (Å²) in [4.78, 5) is 0. The van der Waals surface area contributed by atoms with Gasteiger partial charge >= 0.3 is 6.36 Å². The quantitative estimate of drug-likeness (QED) is 0.345. The number of benzene rings is 3. The molecule has 3 aromatic carbocycles. The molecule has 1 fully saturated rings. The van der Waals surface area contributed by atoms with Gasteiger partial charge in [-0.05, 0) is 66.2 Å². The fourth-order valence-corrected chi connectivity index (χ4v) is 4.90. The zero-order chi connectivity index (χ0) is 22.7. The molecule has 0 atom stereocenters. The molecule has 4 rings (SSSR count). The molecule has 1 aliphatic carbocycles. The van der Waals surface area contributed by atoms with Crippen molar-refractivity contribution in [1.82, 2.24) is 0 Å². The fourth-order valence-electron chi connectivity index (χ4n) is 4.90. The second kappa shape index (κ2) is 9.51. The summed E-state index contributed by atoms with van der Waals surface area (Å²) >= 11 is 0. The Hall–Kier alpha value is -2.56. The van der Waals surface area contributed by atoms with E-state index in [0.717, 1.165) is 11.3 Å². The van der Waals surface area contributed by atoms with Crippen LogP contribution in [-0.2, 0) is 0 Å². The van der Waals surface area contributed by atoms with Crippen molar-refractivity contribution in [2.45, 2.75) is 64.1 Å². The van der Waals surface area contributed by atoms with Gasteiger partial charge in [0.25, 0.3) is 0 Å². The van der Waals surface area contributed by atoms with E-state index in [0.29, 0.717) is 22.4 Å². The van der Waals surface area contributed by atoms with Crippen LogP contribution in [0.2, 0.25) is 0 Å². The highest BCUT2D eigenvalue weighted by Gasteiger charge is 2.31. The summed E-state index contributed by atoms with van der Waals surface area (Å²) in [6.45, 7) is 2.24. The lowest BCUT2D eigenvalue weighted by molar-refractivity contribution is -0.274. The van der Waals surface area contributed by atoms with Gasteiger partial charge in [-0.1, -0.05) is 68.7 Å². The van der Waals surface area contributed by atoms with E-state index in [1.807, 2.05) is 18.2 Å². The Bertz CT molecular complexity index is 1050. The smallest absolute Gasteiger partial charge is 0.406 e. The Morgan fingerprint density at radius 2 is 1.62 bits per heavy atom. The van der Waals surface area contributed by atoms with E-state index < -0.39 is 6.36 Å². The van der Waals surface area contributed by atoms with Gasteiger partial charge in [-0.25, -0.2) is 4.39 Å². The van der Waals surface area contributed by atoms with E-state index in [2.05, 4.69) is 17.7 Å². The molecule has 0 aliphatic heterocycles. The van der Waals surface area contributed by atoms with Crippen molar-refractivity contribution in [1.29, 1.82) is 0 Å². The lowest BCUT2D eigenvalue weighted by atomic mass is 9.77. The predicted molar refractivity (Wildman–Crippen MR) is 120 cm³/mol. The van der Waals surface area contributed by atoms with E-state index in [4.69, 9.17) is 0 Å². The highest BCUT2D eigenvalue weighted by atomic mass is 19.4. The molecule has 0 spiro atoms. The number of alkyl halides is 3. The maximum atomic E-state index is 15.3. The molecule has 3 aromatic rings. The Labute approximate surface area is 186 Å². The van der Waals surface area contributed by atoms with Crippen LogP contribution in [0.3, 0.4) is 0 Å². The maximum absolute atomic E-state index is 15.3. The molecule has 1 saturated carbocycles. The van der Waals surface area contributed by atoms with Gasteiger partial charge in [0, 0.05) is 10.9 Å². The summed E-state index contributed by atoms with van der Waals surface area (Å²) in [6.07, 6.45) is 4.06. The zero-order valence-electron chi connectivity index (χ0n) is 18.2. The first-order chi connectivity index (χ1) is 15.3. The standard InChI is InChI=1S/C27H28F4O/c1-2-3-4-18-5-7-19(8-6-18)21-11-15-25-22(17-21)12-16-24(26(25)28)20-9-13-23(14-10-20)32-27(29,30)31/h9-19H,2-8H2,1H3/t18-,19-. The number of rotatable bonds is 6. The zero-order valence-corrected chi connectivity index (χ0v) is 18.2. The molecule has 1 aliphatic rings. The van der Waals surface area contributed by atoms with Crippen molar-refractivity contribution >= 4 is 10.8 Å². The number of halogens is 4. The first-order valence-corrected chi connectivity index (χ1v) is 11.4. The highest BCUT2D eigenvalue weighted by molar-refractivity contribution is 5.89. The molecular formula is C27H28F4O. The number of ether oxygens (including phenoxy) is 1. The average Bonchev–Trinajstić information content (AvgIpc) is 2.78. The van der Waals surface area contributed by atoms with Crippen molar-refractivity contribution < 1.29 is 22.3 Å². The van der Waals surface area contributed by atoms with Crippen molar-refractivity contribution in [2.24, 2.45) is 5.92 Å². The molecule has 0 radical (unpaired) electrons. The Balaban J connectivity index is 1.52. The number of hydrogen-bond acceptors (Lipinski definition) is 1. The minimum Gasteiger partial charge on any atom is -0.406 e. The van der Waals surface area contributed by atoms with Crippen LogP contribution >= 0.6 is 0 Å². The molecule has 0 heterocycles. The molecule has 170 valence electrons. The third kappa shape index (κ3) is 5.25. The van der Waals surface area contributed by atoms with Gasteiger partial charge in [0.05, 0.1) is 0 Å². The first-order valence-electron chi connectivity index (χ1n) is 11.4. The Morgan fingerprint density at radius 1 is 0.906 bits per heavy atom. The highest BCUT2D eigenvalue weighted by Crippen LogP contribution is 2.39. The van der Waals surface area contributed by atoms with E-state index in [-0.39, 0.29) is 11.6 Å². The third-order valence-electron chi connectivity index (χ3n) is 6.66. The van der Waals surface area contributed by atoms with Gasteiger partial charge in [-0.15, -0.1) is 13.2 Å². The monoisotopic (exact) mass is 444 g/mol. The second-order valence-electron chi connectivity index (χ2n) is 8.84. The van der Waals surface area contributed by atoms with Crippen LogP contribution in [0.4, 0.5) is 17.6 Å². The molecule has 0 aromatic heterocycles. The van der Waals surface area contributed by atoms with Gasteiger partial charge in [-0.2, -0.15) is 0 Å². The van der Waals surface area contributed by atoms with Crippen molar-refractivity contribution in [2.75, 3.05) is 0 Å². The van der Waals surface area contributed by atoms with Crippen LogP contribution in [0, 0.1) is 11.7 Å². The summed E-state index contributed by atoms with van der Waals surface area (Å²) in [5, 5.41) is 1.38. The lowest BCUT2D eigenvalue weighted by Gasteiger charge is -2.29. The van der Waals surface area contributed by atoms with Gasteiger partial charge in [-0.3, -0.25) is 0 Å². The SMILES string of the molecule is CCCC[C@H]1CC[C@H](c2ccc3c(F)c(-c4ccc(OC(F)(F)F)cc4)ccc3c2)CC1. The molecule has 0 unspecified atom stereocenters. The Kier molecular flexibility index (Phi) is 6.73. The fraction of sp³-hybridized carbons (Fsp3) is 0.407. The van der Waals surface area contributed by atoms with Crippen molar-refractivity contribution in [3.63, 3.8) is 0 Å². The van der Waals surface area contributed by atoms with Crippen LogP contribution in [-0.4, -0.2) is 6.36 Å². The van der Waals surface area contributed by atoms with Crippen molar-refractivity contribution in [3.05, 3.63) is 66.0 Å². The van der Waals surface area contributed by atoms with E-state index in [9.17, 15) is 13.2 Å². The Morgan fingerprint density at radius 3 is 2.28 bits per heavy atom. The van der Waals surface area contributed by atoms with Crippen LogP contribution in [0.5, 0.6) is 5.75 Å². The van der Waals surface area contributed by atoms with Gasteiger partial charge in [0.2, 0.25) is 0 Å². The summed E-state index contributed by atoms with van der Waals surface area (Å²) in [5.74, 6) is 0.694. The normalized spacial score (nSPS) is 19.3. The third-order valence-corrected chi connectivity index (χ3v) is 6.66. The van der Waals surface area contributed by atoms with Crippen LogP contribution in [0.15, 0.2) is 54.6 Å². The topological polar surface area (TPSA) is 9.23 Å². The molecule has 0 N–H and O–H groups in total. The summed E-state index contributed by atoms with van der Waals surface area (Å²) < 4.78 is 56.2. The molecule has 0 amide bonds. The predicted octanol–water partition coefficient (Wildman–Crippen LogP) is 9.01. The number of hydrogen-bond donors (Lipinski definition) is 0. The maximum Gasteiger partial charge on any atom is 0.573 e. The largest absolute Gasteiger partial charge is 0.573 e. The number of fused-ring (bicyclic) bond motifs is 1. The average molecular weight is 445 g/mol. The number of unbranched alkanes of at least 4 members (excludes halogenated alkanes) is 1. The first kappa shape index (κ1) is 22.6. The van der Waals surface area contributed by atoms with Crippen LogP contribution in [0.25, 0.3) is 21.9 Å². The molecule has 1 nitrogen and oxygen atoms in total. The minimum atomic E-state index is -4.75. The van der Waals surface area contributed by atoms with E-state index >= 15 is 4.39 Å². The van der Waals surface area contributed by atoms with Gasteiger partial charge in [0.1, 0.15) is 11.6 Å². The summed E-state index contributed by atoms with van der Waals surface area (Å²) in [5.41, 5.74) is 2.14. The van der Waals surface area contributed by atoms with E-state index in [1.165, 1.54) is 74.8 Å². The van der Waals surface area contributed by atoms with Gasteiger partial charge < -0.3 is 4.74 Å². The minimum absolute atomic E-state index is 0.323. The van der Waals surface area contributed by atoms with Crippen molar-refractivity contribution in [3.8, 4) is 16.9 Å². The molecule has 32 heavy (non-hydrogen) atoms. The van der Waals surface area contributed by atoms with Crippen LogP contribution in [0.1, 0.15) is 63.4 Å². The second-order valence-corrected chi connectivity index (χ2v) is 8.84. The summed E-state index contributed by atoms with van der Waals surface area (Å²) in [7, 11) is 0. The molecule has 0 bridgehead atoms.